The summed E-state index contributed by atoms with van der Waals surface area (Å²) < 4.78 is 1.42. The number of carbonyl (C=O) groups is 3. The van der Waals surface area contributed by atoms with Gasteiger partial charge in [0.1, 0.15) is 5.69 Å². The fourth-order valence-corrected chi connectivity index (χ4v) is 2.73. The van der Waals surface area contributed by atoms with E-state index in [1.807, 2.05) is 19.1 Å². The topological polar surface area (TPSA) is 119 Å². The normalized spacial score (nSPS) is 10.4. The second-order valence-electron chi connectivity index (χ2n) is 6.22. The van der Waals surface area contributed by atoms with Crippen LogP contribution in [-0.2, 0) is 7.05 Å². The van der Waals surface area contributed by atoms with Crippen molar-refractivity contribution in [2.45, 2.75) is 6.92 Å². The van der Waals surface area contributed by atoms with Gasteiger partial charge >= 0.3 is 0 Å². The molecule has 0 saturated carbocycles. The van der Waals surface area contributed by atoms with E-state index in [0.717, 1.165) is 5.56 Å². The van der Waals surface area contributed by atoms with Crippen LogP contribution in [0.1, 0.15) is 36.9 Å². The van der Waals surface area contributed by atoms with E-state index in [1.165, 1.54) is 10.9 Å². The summed E-state index contributed by atoms with van der Waals surface area (Å²) in [7, 11) is 1.60. The number of carbonyl (C=O) groups excluding carboxylic acids is 3. The summed E-state index contributed by atoms with van der Waals surface area (Å²) in [4.78, 5) is 40.1. The Hall–Kier alpha value is -3.94. The number of hydrogen-bond donors (Lipinski definition) is 3. The van der Waals surface area contributed by atoms with E-state index in [4.69, 9.17) is 5.73 Å². The number of aromatic nitrogens is 2. The molecule has 0 fully saturated rings. The van der Waals surface area contributed by atoms with E-state index >= 15 is 0 Å². The fraction of sp³-hybridized carbons (Fsp3) is 0.100. The third-order valence-corrected chi connectivity index (χ3v) is 4.18. The predicted molar refractivity (Wildman–Crippen MR) is 105 cm³/mol. The van der Waals surface area contributed by atoms with Gasteiger partial charge in [-0.3, -0.25) is 14.4 Å². The average Bonchev–Trinajstić information content (AvgIpc) is 3.05. The standard InChI is InChI=1S/C20H19N5O3/c1-12-5-3-4-6-15(12)19(27)23-13-7-9-14(10-8-13)24-20(28)17-16(18(21)26)22-11-25(17)2/h3-11H,1-2H3,(H2,21,26)(H,23,27)(H,24,28). The van der Waals surface area contributed by atoms with E-state index < -0.39 is 11.8 Å². The first-order valence-electron chi connectivity index (χ1n) is 8.46. The quantitative estimate of drug-likeness (QED) is 0.632. The maximum atomic E-state index is 12.5. The summed E-state index contributed by atoms with van der Waals surface area (Å²) in [6.45, 7) is 1.87. The largest absolute Gasteiger partial charge is 0.364 e. The van der Waals surface area contributed by atoms with Crippen LogP contribution in [-0.4, -0.2) is 27.3 Å². The number of nitrogens with two attached hydrogens (primary N) is 1. The number of amides is 3. The van der Waals surface area contributed by atoms with Crippen molar-refractivity contribution in [1.29, 1.82) is 0 Å². The van der Waals surface area contributed by atoms with Gasteiger partial charge in [0.2, 0.25) is 0 Å². The minimum absolute atomic E-state index is 0.0735. The summed E-state index contributed by atoms with van der Waals surface area (Å²) in [6, 6.07) is 13.9. The molecule has 3 aromatic rings. The van der Waals surface area contributed by atoms with Gasteiger partial charge < -0.3 is 20.9 Å². The van der Waals surface area contributed by atoms with E-state index in [9.17, 15) is 14.4 Å². The molecule has 0 aliphatic heterocycles. The number of nitrogens with zero attached hydrogens (tertiary/aromatic N) is 2. The molecule has 1 heterocycles. The summed E-state index contributed by atoms with van der Waals surface area (Å²) >= 11 is 0. The highest BCUT2D eigenvalue weighted by atomic mass is 16.2. The monoisotopic (exact) mass is 377 g/mol. The molecule has 0 radical (unpaired) electrons. The van der Waals surface area contributed by atoms with Crippen LogP contribution in [0.2, 0.25) is 0 Å². The van der Waals surface area contributed by atoms with Gasteiger partial charge in [0.05, 0.1) is 6.33 Å². The summed E-state index contributed by atoms with van der Waals surface area (Å²) in [5, 5.41) is 5.49. The van der Waals surface area contributed by atoms with Gasteiger partial charge in [-0.2, -0.15) is 0 Å². The molecule has 3 rings (SSSR count). The highest BCUT2D eigenvalue weighted by Gasteiger charge is 2.21. The van der Waals surface area contributed by atoms with Crippen LogP contribution in [0.5, 0.6) is 0 Å². The lowest BCUT2D eigenvalue weighted by atomic mass is 10.1. The van der Waals surface area contributed by atoms with Crippen LogP contribution in [0, 0.1) is 6.92 Å². The van der Waals surface area contributed by atoms with Crippen LogP contribution in [0.3, 0.4) is 0 Å². The zero-order chi connectivity index (χ0) is 20.3. The van der Waals surface area contributed by atoms with Crippen molar-refractivity contribution in [3.63, 3.8) is 0 Å². The van der Waals surface area contributed by atoms with Gasteiger partial charge in [-0.25, -0.2) is 4.98 Å². The van der Waals surface area contributed by atoms with Crippen LogP contribution in [0.25, 0.3) is 0 Å². The maximum Gasteiger partial charge on any atom is 0.274 e. The first-order chi connectivity index (χ1) is 13.4. The van der Waals surface area contributed by atoms with Crippen molar-refractivity contribution < 1.29 is 14.4 Å². The Morgan fingerprint density at radius 3 is 2.07 bits per heavy atom. The lowest BCUT2D eigenvalue weighted by Crippen LogP contribution is -2.22. The van der Waals surface area contributed by atoms with Gasteiger partial charge in [0.15, 0.2) is 5.69 Å². The Morgan fingerprint density at radius 1 is 0.929 bits per heavy atom. The molecule has 4 N–H and O–H groups in total. The van der Waals surface area contributed by atoms with Crippen LogP contribution in [0.15, 0.2) is 54.9 Å². The molecule has 28 heavy (non-hydrogen) atoms. The number of rotatable bonds is 5. The second-order valence-corrected chi connectivity index (χ2v) is 6.22. The maximum absolute atomic E-state index is 12.5. The Kier molecular flexibility index (Phi) is 5.21. The molecule has 8 nitrogen and oxygen atoms in total. The number of aryl methyl sites for hydroxylation is 2. The molecular formula is C20H19N5O3. The first kappa shape index (κ1) is 18.8. The van der Waals surface area contributed by atoms with Gasteiger partial charge in [0.25, 0.3) is 17.7 Å². The molecular weight excluding hydrogens is 358 g/mol. The molecule has 0 spiro atoms. The van der Waals surface area contributed by atoms with Crippen molar-refractivity contribution in [2.75, 3.05) is 10.6 Å². The Morgan fingerprint density at radius 2 is 1.50 bits per heavy atom. The van der Waals surface area contributed by atoms with Crippen LogP contribution in [0.4, 0.5) is 11.4 Å². The van der Waals surface area contributed by atoms with Crippen molar-refractivity contribution in [3.8, 4) is 0 Å². The number of benzene rings is 2. The number of anilines is 2. The highest BCUT2D eigenvalue weighted by Crippen LogP contribution is 2.17. The molecule has 3 amide bonds. The Balaban J connectivity index is 1.71. The molecule has 0 saturated heterocycles. The molecule has 0 aliphatic carbocycles. The minimum atomic E-state index is -0.778. The van der Waals surface area contributed by atoms with Gasteiger partial charge in [-0.1, -0.05) is 18.2 Å². The third kappa shape index (κ3) is 3.90. The number of nitrogens with one attached hydrogen (secondary N) is 2. The lowest BCUT2D eigenvalue weighted by Gasteiger charge is -2.10. The zero-order valence-corrected chi connectivity index (χ0v) is 15.4. The molecule has 2 aromatic carbocycles. The number of primary amides is 1. The zero-order valence-electron chi connectivity index (χ0n) is 15.4. The lowest BCUT2D eigenvalue weighted by molar-refractivity contribution is 0.0970. The molecule has 142 valence electrons. The molecule has 0 aliphatic rings. The molecule has 1 aromatic heterocycles. The van der Waals surface area contributed by atoms with E-state index in [-0.39, 0.29) is 17.3 Å². The van der Waals surface area contributed by atoms with Crippen molar-refractivity contribution in [1.82, 2.24) is 9.55 Å². The fourth-order valence-electron chi connectivity index (χ4n) is 2.73. The minimum Gasteiger partial charge on any atom is -0.364 e. The third-order valence-electron chi connectivity index (χ3n) is 4.18. The summed E-state index contributed by atoms with van der Waals surface area (Å²) in [5.41, 5.74) is 7.78. The van der Waals surface area contributed by atoms with Crippen LogP contribution < -0.4 is 16.4 Å². The van der Waals surface area contributed by atoms with Gasteiger partial charge in [0, 0.05) is 24.0 Å². The Labute approximate surface area is 161 Å². The first-order valence-corrected chi connectivity index (χ1v) is 8.46. The summed E-state index contributed by atoms with van der Waals surface area (Å²) in [5.74, 6) is -1.50. The Bertz CT molecular complexity index is 1050. The SMILES string of the molecule is Cc1ccccc1C(=O)Nc1ccc(NC(=O)c2c(C(N)=O)ncn2C)cc1. The molecule has 8 heteroatoms. The van der Waals surface area contributed by atoms with E-state index in [1.54, 1.807) is 43.4 Å². The highest BCUT2D eigenvalue weighted by molar-refractivity contribution is 6.10. The van der Waals surface area contributed by atoms with Gasteiger partial charge in [-0.05, 0) is 42.8 Å². The van der Waals surface area contributed by atoms with Crippen molar-refractivity contribution in [2.24, 2.45) is 12.8 Å². The average molecular weight is 377 g/mol. The molecule has 0 bridgehead atoms. The van der Waals surface area contributed by atoms with Gasteiger partial charge in [-0.15, -0.1) is 0 Å². The summed E-state index contributed by atoms with van der Waals surface area (Å²) in [6.07, 6.45) is 1.35. The second kappa shape index (κ2) is 7.75. The number of imidazole rings is 1. The van der Waals surface area contributed by atoms with E-state index in [2.05, 4.69) is 15.6 Å². The van der Waals surface area contributed by atoms with Crippen molar-refractivity contribution >= 4 is 29.1 Å². The van der Waals surface area contributed by atoms with Crippen molar-refractivity contribution in [3.05, 3.63) is 77.4 Å². The number of hydrogen-bond acceptors (Lipinski definition) is 4. The van der Waals surface area contributed by atoms with E-state index in [0.29, 0.717) is 16.9 Å². The molecule has 0 atom stereocenters. The molecule has 0 unspecified atom stereocenters. The van der Waals surface area contributed by atoms with Crippen LogP contribution >= 0.6 is 0 Å². The predicted octanol–water partition coefficient (Wildman–Crippen LogP) is 2.33. The smallest absolute Gasteiger partial charge is 0.274 e.